The summed E-state index contributed by atoms with van der Waals surface area (Å²) in [5.74, 6) is -0.691. The van der Waals surface area contributed by atoms with Crippen molar-refractivity contribution in [1.29, 1.82) is 0 Å². The van der Waals surface area contributed by atoms with Crippen molar-refractivity contribution >= 4 is 29.5 Å². The maximum Gasteiger partial charge on any atom is 0.269 e. The highest BCUT2D eigenvalue weighted by molar-refractivity contribution is 6.05. The van der Waals surface area contributed by atoms with E-state index < -0.39 is 11.8 Å². The monoisotopic (exact) mass is 389 g/mol. The lowest BCUT2D eigenvalue weighted by Crippen LogP contribution is -2.40. The van der Waals surface area contributed by atoms with Crippen molar-refractivity contribution in [3.05, 3.63) is 95.5 Å². The Kier molecular flexibility index (Phi) is 6.22. The van der Waals surface area contributed by atoms with Crippen LogP contribution in [0.3, 0.4) is 0 Å². The van der Waals surface area contributed by atoms with Crippen molar-refractivity contribution in [3.63, 3.8) is 0 Å². The Balaban J connectivity index is 1.52. The molecule has 0 unspecified atom stereocenters. The molecule has 3 aromatic rings. The molecule has 1 aromatic heterocycles. The molecule has 0 radical (unpaired) electrons. The van der Waals surface area contributed by atoms with Crippen LogP contribution in [0.25, 0.3) is 6.08 Å². The molecule has 0 fully saturated rings. The van der Waals surface area contributed by atoms with Crippen LogP contribution in [-0.4, -0.2) is 17.7 Å². The molecule has 0 saturated heterocycles. The van der Waals surface area contributed by atoms with E-state index in [9.17, 15) is 14.4 Å². The van der Waals surface area contributed by atoms with E-state index in [0.717, 1.165) is 5.56 Å². The minimum absolute atomic E-state index is 0.226. The van der Waals surface area contributed by atoms with E-state index in [1.807, 2.05) is 19.1 Å². The Labute approximate surface area is 167 Å². The number of rotatable bonds is 5. The lowest BCUT2D eigenvalue weighted by molar-refractivity contribution is -0.117. The van der Waals surface area contributed by atoms with E-state index in [2.05, 4.69) is 16.2 Å². The van der Waals surface area contributed by atoms with Gasteiger partial charge in [0.1, 0.15) is 5.76 Å². The van der Waals surface area contributed by atoms with Crippen molar-refractivity contribution < 1.29 is 18.8 Å². The molecule has 0 aliphatic heterocycles. The van der Waals surface area contributed by atoms with Crippen LogP contribution in [0, 0.1) is 6.92 Å². The van der Waals surface area contributed by atoms with Crippen molar-refractivity contribution in [1.82, 2.24) is 10.9 Å². The van der Waals surface area contributed by atoms with E-state index in [0.29, 0.717) is 22.6 Å². The summed E-state index contributed by atoms with van der Waals surface area (Å²) in [6, 6.07) is 17.0. The Morgan fingerprint density at radius 2 is 1.62 bits per heavy atom. The first-order valence-electron chi connectivity index (χ1n) is 8.82. The summed E-state index contributed by atoms with van der Waals surface area (Å²) in [5, 5.41) is 2.79. The number of hydrazine groups is 1. The third-order valence-corrected chi connectivity index (χ3v) is 4.04. The summed E-state index contributed by atoms with van der Waals surface area (Å²) < 4.78 is 5.07. The van der Waals surface area contributed by atoms with E-state index in [1.165, 1.54) is 18.4 Å². The molecule has 7 nitrogen and oxygen atoms in total. The third kappa shape index (κ3) is 5.43. The van der Waals surface area contributed by atoms with E-state index in [-0.39, 0.29) is 5.91 Å². The van der Waals surface area contributed by atoms with Crippen molar-refractivity contribution in [2.45, 2.75) is 6.92 Å². The number of benzene rings is 2. The lowest BCUT2D eigenvalue weighted by atomic mass is 10.1. The van der Waals surface area contributed by atoms with Gasteiger partial charge >= 0.3 is 0 Å². The van der Waals surface area contributed by atoms with E-state index in [1.54, 1.807) is 48.5 Å². The van der Waals surface area contributed by atoms with Gasteiger partial charge in [0.05, 0.1) is 6.26 Å². The van der Waals surface area contributed by atoms with Crippen LogP contribution in [0.5, 0.6) is 0 Å². The van der Waals surface area contributed by atoms with Gasteiger partial charge in [-0.05, 0) is 61.0 Å². The van der Waals surface area contributed by atoms with Gasteiger partial charge in [-0.3, -0.25) is 25.2 Å². The van der Waals surface area contributed by atoms with Gasteiger partial charge in [0, 0.05) is 22.9 Å². The number of aryl methyl sites for hydroxylation is 1. The highest BCUT2D eigenvalue weighted by atomic mass is 16.3. The van der Waals surface area contributed by atoms with Crippen LogP contribution >= 0.6 is 0 Å². The van der Waals surface area contributed by atoms with Gasteiger partial charge in [0.25, 0.3) is 17.7 Å². The zero-order valence-corrected chi connectivity index (χ0v) is 15.6. The third-order valence-electron chi connectivity index (χ3n) is 4.04. The molecule has 0 spiro atoms. The second-order valence-electron chi connectivity index (χ2n) is 6.14. The lowest BCUT2D eigenvalue weighted by Gasteiger charge is -2.09. The van der Waals surface area contributed by atoms with Crippen molar-refractivity contribution in [3.8, 4) is 0 Å². The predicted molar refractivity (Wildman–Crippen MR) is 109 cm³/mol. The SMILES string of the molecule is Cc1ccccc1C(=O)Nc1ccc(C(=O)NNC(=O)C=Cc2ccco2)cc1. The molecule has 2 aromatic carbocycles. The zero-order chi connectivity index (χ0) is 20.6. The molecule has 29 heavy (non-hydrogen) atoms. The molecule has 0 saturated carbocycles. The Morgan fingerprint density at radius 3 is 2.31 bits per heavy atom. The van der Waals surface area contributed by atoms with Gasteiger partial charge in [0.2, 0.25) is 0 Å². The van der Waals surface area contributed by atoms with Gasteiger partial charge in [-0.25, -0.2) is 0 Å². The van der Waals surface area contributed by atoms with Gasteiger partial charge < -0.3 is 9.73 Å². The smallest absolute Gasteiger partial charge is 0.269 e. The molecule has 3 amide bonds. The molecule has 3 rings (SSSR count). The van der Waals surface area contributed by atoms with Gasteiger partial charge in [-0.2, -0.15) is 0 Å². The second kappa shape index (κ2) is 9.18. The fourth-order valence-corrected chi connectivity index (χ4v) is 2.51. The zero-order valence-electron chi connectivity index (χ0n) is 15.6. The maximum absolute atomic E-state index is 12.3. The summed E-state index contributed by atoms with van der Waals surface area (Å²) in [6.45, 7) is 1.86. The predicted octanol–water partition coefficient (Wildman–Crippen LogP) is 3.31. The first-order chi connectivity index (χ1) is 14.0. The van der Waals surface area contributed by atoms with Crippen LogP contribution in [0.1, 0.15) is 32.0 Å². The number of carbonyl (C=O) groups is 3. The second-order valence-corrected chi connectivity index (χ2v) is 6.14. The number of hydrogen-bond donors (Lipinski definition) is 3. The van der Waals surface area contributed by atoms with Gasteiger partial charge in [0.15, 0.2) is 0 Å². The molecule has 0 bridgehead atoms. The van der Waals surface area contributed by atoms with Gasteiger partial charge in [-0.15, -0.1) is 0 Å². The van der Waals surface area contributed by atoms with Crippen LogP contribution in [0.2, 0.25) is 0 Å². The quantitative estimate of drug-likeness (QED) is 0.460. The van der Waals surface area contributed by atoms with E-state index in [4.69, 9.17) is 4.42 Å². The molecule has 3 N–H and O–H groups in total. The minimum Gasteiger partial charge on any atom is -0.465 e. The highest BCUT2D eigenvalue weighted by Gasteiger charge is 2.10. The number of furan rings is 1. The first kappa shape index (κ1) is 19.6. The Morgan fingerprint density at radius 1 is 0.862 bits per heavy atom. The molecule has 146 valence electrons. The molecular weight excluding hydrogens is 370 g/mol. The Bertz CT molecular complexity index is 1040. The average molecular weight is 389 g/mol. The average Bonchev–Trinajstić information content (AvgIpc) is 3.25. The largest absolute Gasteiger partial charge is 0.465 e. The maximum atomic E-state index is 12.3. The summed E-state index contributed by atoms with van der Waals surface area (Å²) in [7, 11) is 0. The normalized spacial score (nSPS) is 10.5. The summed E-state index contributed by atoms with van der Waals surface area (Å²) in [4.78, 5) is 36.2. The number of carbonyl (C=O) groups excluding carboxylic acids is 3. The molecule has 0 atom stereocenters. The number of nitrogens with one attached hydrogen (secondary N) is 3. The van der Waals surface area contributed by atoms with Gasteiger partial charge in [-0.1, -0.05) is 18.2 Å². The highest BCUT2D eigenvalue weighted by Crippen LogP contribution is 2.13. The number of anilines is 1. The topological polar surface area (TPSA) is 100 Å². The molecule has 7 heteroatoms. The number of amides is 3. The van der Waals surface area contributed by atoms with Crippen LogP contribution < -0.4 is 16.2 Å². The summed E-state index contributed by atoms with van der Waals surface area (Å²) in [5.41, 5.74) is 6.94. The molecule has 0 aliphatic rings. The molecule has 0 aliphatic carbocycles. The summed E-state index contributed by atoms with van der Waals surface area (Å²) >= 11 is 0. The van der Waals surface area contributed by atoms with Crippen molar-refractivity contribution in [2.24, 2.45) is 0 Å². The molecule has 1 heterocycles. The summed E-state index contributed by atoms with van der Waals surface area (Å²) in [6.07, 6.45) is 4.21. The fourth-order valence-electron chi connectivity index (χ4n) is 2.51. The minimum atomic E-state index is -0.503. The Hall–Kier alpha value is -4.13. The standard InChI is InChI=1S/C22H19N3O4/c1-15-5-2-3-7-19(15)22(28)23-17-10-8-16(9-11-17)21(27)25-24-20(26)13-12-18-6-4-14-29-18/h2-14H,1H3,(H,23,28)(H,24,26)(H,25,27). The number of hydrogen-bond acceptors (Lipinski definition) is 4. The fraction of sp³-hybridized carbons (Fsp3) is 0.0455. The first-order valence-corrected chi connectivity index (χ1v) is 8.82. The molecular formula is C22H19N3O4. The van der Waals surface area contributed by atoms with Crippen molar-refractivity contribution in [2.75, 3.05) is 5.32 Å². The van der Waals surface area contributed by atoms with E-state index >= 15 is 0 Å². The van der Waals surface area contributed by atoms with Crippen LogP contribution in [0.15, 0.2) is 77.4 Å². The van der Waals surface area contributed by atoms with Crippen LogP contribution in [-0.2, 0) is 4.79 Å². The van der Waals surface area contributed by atoms with Crippen LogP contribution in [0.4, 0.5) is 5.69 Å².